The Hall–Kier alpha value is -4.37. The van der Waals surface area contributed by atoms with Gasteiger partial charge in [-0.3, -0.25) is 33.8 Å². The Bertz CT molecular complexity index is 1620. The first kappa shape index (κ1) is 28.2. The number of para-hydroxylation sites is 1. The van der Waals surface area contributed by atoms with E-state index in [0.29, 0.717) is 53.9 Å². The number of aryl methyl sites for hydroxylation is 1. The lowest BCUT2D eigenvalue weighted by atomic mass is 10.1. The van der Waals surface area contributed by atoms with E-state index in [0.717, 1.165) is 22.7 Å². The number of amides is 4. The van der Waals surface area contributed by atoms with Gasteiger partial charge in [0.05, 0.1) is 22.3 Å². The number of halogens is 1. The number of imide groups is 2. The van der Waals surface area contributed by atoms with Crippen molar-refractivity contribution < 1.29 is 24.0 Å². The van der Waals surface area contributed by atoms with Crippen LogP contribution in [0.25, 0.3) is 10.9 Å². The number of hydrogen-bond acceptors (Lipinski definition) is 5. The molecule has 2 aliphatic heterocycles. The molecule has 208 valence electrons. The molecule has 0 bridgehead atoms. The lowest BCUT2D eigenvalue weighted by molar-refractivity contribution is 0.0637. The van der Waals surface area contributed by atoms with Gasteiger partial charge in [-0.1, -0.05) is 58.4 Å². The predicted octanol–water partition coefficient (Wildman–Crippen LogP) is 5.60. The summed E-state index contributed by atoms with van der Waals surface area (Å²) in [4.78, 5) is 62.9. The molecule has 9 heteroatoms. The van der Waals surface area contributed by atoms with Gasteiger partial charge in [0, 0.05) is 47.6 Å². The molecule has 3 aromatic carbocycles. The number of carbonyl (C=O) groups is 5. The fourth-order valence-corrected chi connectivity index (χ4v) is 5.46. The average molecular weight is 614 g/mol. The van der Waals surface area contributed by atoms with Gasteiger partial charge < -0.3 is 4.57 Å². The standard InChI is InChI=1S/C21H18N2O3.C11H10BrNO2/c1-14(24)18-13-22(19-10-5-4-7-15(18)19)11-6-12-23-20(25)16-8-2-3-9-17(16)21(23)26;12-6-3-7-13-10(14)8-4-1-2-5-9(8)11(13)15/h2-5,7-10,13H,6,11-12H2,1H3;1-2,4-5H,3,6-7H2. The third-order valence-corrected chi connectivity index (χ3v) is 7.78. The van der Waals surface area contributed by atoms with Crippen molar-refractivity contribution in [2.24, 2.45) is 0 Å². The molecule has 3 heterocycles. The Morgan fingerprint density at radius 3 is 1.54 bits per heavy atom. The molecule has 0 aliphatic carbocycles. The molecule has 0 N–H and O–H groups in total. The van der Waals surface area contributed by atoms with E-state index < -0.39 is 0 Å². The topological polar surface area (TPSA) is 96.8 Å². The number of fused-ring (bicyclic) bond motifs is 3. The van der Waals surface area contributed by atoms with Crippen molar-refractivity contribution in [1.82, 2.24) is 14.4 Å². The highest BCUT2D eigenvalue weighted by atomic mass is 79.9. The molecule has 6 rings (SSSR count). The van der Waals surface area contributed by atoms with Crippen molar-refractivity contribution in [3.63, 3.8) is 0 Å². The largest absolute Gasteiger partial charge is 0.347 e. The van der Waals surface area contributed by atoms with Crippen LogP contribution in [-0.4, -0.2) is 62.2 Å². The van der Waals surface area contributed by atoms with Gasteiger partial charge in [0.2, 0.25) is 0 Å². The van der Waals surface area contributed by atoms with Gasteiger partial charge in [0.25, 0.3) is 23.6 Å². The maximum absolute atomic E-state index is 12.4. The zero-order valence-corrected chi connectivity index (χ0v) is 24.1. The number of alkyl halides is 1. The van der Waals surface area contributed by atoms with E-state index in [-0.39, 0.29) is 29.4 Å². The van der Waals surface area contributed by atoms with Gasteiger partial charge >= 0.3 is 0 Å². The Labute approximate surface area is 245 Å². The first-order valence-electron chi connectivity index (χ1n) is 13.4. The fourth-order valence-electron chi connectivity index (χ4n) is 5.21. The highest BCUT2D eigenvalue weighted by Crippen LogP contribution is 2.25. The first-order chi connectivity index (χ1) is 19.8. The summed E-state index contributed by atoms with van der Waals surface area (Å²) in [5.74, 6) is -0.770. The number of ketones is 1. The van der Waals surface area contributed by atoms with E-state index in [2.05, 4.69) is 15.9 Å². The predicted molar refractivity (Wildman–Crippen MR) is 159 cm³/mol. The molecule has 0 fully saturated rings. The minimum atomic E-state index is -0.229. The number of hydrogen-bond donors (Lipinski definition) is 0. The Morgan fingerprint density at radius 2 is 1.07 bits per heavy atom. The normalized spacial score (nSPS) is 13.9. The van der Waals surface area contributed by atoms with Crippen molar-refractivity contribution in [3.05, 3.63) is 107 Å². The summed E-state index contributed by atoms with van der Waals surface area (Å²) in [7, 11) is 0. The number of aromatic nitrogens is 1. The summed E-state index contributed by atoms with van der Waals surface area (Å²) in [6, 6.07) is 21.6. The van der Waals surface area contributed by atoms with E-state index in [1.54, 1.807) is 55.5 Å². The quantitative estimate of drug-likeness (QED) is 0.146. The summed E-state index contributed by atoms with van der Waals surface area (Å²) in [5.41, 5.74) is 3.68. The summed E-state index contributed by atoms with van der Waals surface area (Å²) in [6.07, 6.45) is 3.27. The van der Waals surface area contributed by atoms with E-state index in [4.69, 9.17) is 0 Å². The van der Waals surface area contributed by atoms with Crippen molar-refractivity contribution in [2.75, 3.05) is 18.4 Å². The van der Waals surface area contributed by atoms with Crippen molar-refractivity contribution >= 4 is 56.2 Å². The lowest BCUT2D eigenvalue weighted by Crippen LogP contribution is -2.31. The van der Waals surface area contributed by atoms with Crippen molar-refractivity contribution in [1.29, 1.82) is 0 Å². The number of Topliss-reactive ketones (excluding diaryl/α,β-unsaturated/α-hetero) is 1. The van der Waals surface area contributed by atoms with Crippen LogP contribution in [0.15, 0.2) is 79.0 Å². The zero-order valence-electron chi connectivity index (χ0n) is 22.5. The van der Waals surface area contributed by atoms with Crippen LogP contribution in [0, 0.1) is 0 Å². The molecule has 0 saturated heterocycles. The van der Waals surface area contributed by atoms with Crippen LogP contribution in [0.3, 0.4) is 0 Å². The molecule has 0 radical (unpaired) electrons. The molecule has 8 nitrogen and oxygen atoms in total. The number of nitrogens with zero attached hydrogens (tertiary/aromatic N) is 3. The third-order valence-electron chi connectivity index (χ3n) is 7.22. The SMILES string of the molecule is CC(=O)c1cn(CCCN2C(=O)c3ccccc3C2=O)c2ccccc12.O=C1c2ccccc2C(=O)N1CCCBr. The number of carbonyl (C=O) groups excluding carboxylic acids is 5. The minimum Gasteiger partial charge on any atom is -0.347 e. The third kappa shape index (κ3) is 5.37. The van der Waals surface area contributed by atoms with Crippen LogP contribution >= 0.6 is 15.9 Å². The van der Waals surface area contributed by atoms with Crippen LogP contribution in [-0.2, 0) is 6.54 Å². The molecular weight excluding hydrogens is 586 g/mol. The van der Waals surface area contributed by atoms with Crippen molar-refractivity contribution in [3.8, 4) is 0 Å². The number of benzene rings is 3. The van der Waals surface area contributed by atoms with Gasteiger partial charge in [0.1, 0.15) is 0 Å². The molecule has 2 aliphatic rings. The molecular formula is C32H28BrN3O5. The number of rotatable bonds is 8. The van der Waals surface area contributed by atoms with E-state index >= 15 is 0 Å². The molecule has 1 aromatic heterocycles. The maximum atomic E-state index is 12.4. The fraction of sp³-hybridized carbons (Fsp3) is 0.219. The monoisotopic (exact) mass is 613 g/mol. The molecule has 4 amide bonds. The highest BCUT2D eigenvalue weighted by Gasteiger charge is 2.35. The molecule has 0 spiro atoms. The van der Waals surface area contributed by atoms with E-state index in [1.807, 2.05) is 35.0 Å². The Morgan fingerprint density at radius 1 is 0.634 bits per heavy atom. The minimum absolute atomic E-state index is 0.0281. The van der Waals surface area contributed by atoms with Crippen molar-refractivity contribution in [2.45, 2.75) is 26.3 Å². The van der Waals surface area contributed by atoms with Gasteiger partial charge in [-0.05, 0) is 50.1 Å². The van der Waals surface area contributed by atoms with Crippen LogP contribution in [0.4, 0.5) is 0 Å². The second-order valence-electron chi connectivity index (χ2n) is 9.82. The Balaban J connectivity index is 0.000000191. The first-order valence-corrected chi connectivity index (χ1v) is 14.5. The molecule has 0 saturated carbocycles. The van der Waals surface area contributed by atoms with Gasteiger partial charge in [-0.15, -0.1) is 0 Å². The summed E-state index contributed by atoms with van der Waals surface area (Å²) in [6.45, 7) is 3.03. The van der Waals surface area contributed by atoms with Crippen LogP contribution in [0.2, 0.25) is 0 Å². The Kier molecular flexibility index (Phi) is 8.26. The maximum Gasteiger partial charge on any atom is 0.261 e. The van der Waals surface area contributed by atoms with Gasteiger partial charge in [-0.2, -0.15) is 0 Å². The van der Waals surface area contributed by atoms with Crippen LogP contribution in [0.5, 0.6) is 0 Å². The van der Waals surface area contributed by atoms with Gasteiger partial charge in [0.15, 0.2) is 5.78 Å². The zero-order chi connectivity index (χ0) is 29.1. The van der Waals surface area contributed by atoms with Crippen LogP contribution in [0.1, 0.15) is 71.6 Å². The summed E-state index contributed by atoms with van der Waals surface area (Å²) < 4.78 is 2.02. The molecule has 0 atom stereocenters. The van der Waals surface area contributed by atoms with Gasteiger partial charge in [-0.25, -0.2) is 0 Å². The lowest BCUT2D eigenvalue weighted by Gasteiger charge is -2.14. The van der Waals surface area contributed by atoms with E-state index in [1.165, 1.54) is 9.80 Å². The second-order valence-corrected chi connectivity index (χ2v) is 10.6. The van der Waals surface area contributed by atoms with Crippen LogP contribution < -0.4 is 0 Å². The molecule has 4 aromatic rings. The average Bonchev–Trinajstić information content (AvgIpc) is 3.57. The highest BCUT2D eigenvalue weighted by molar-refractivity contribution is 9.09. The van der Waals surface area contributed by atoms with E-state index in [9.17, 15) is 24.0 Å². The smallest absolute Gasteiger partial charge is 0.261 e. The molecule has 41 heavy (non-hydrogen) atoms. The second kappa shape index (κ2) is 12.0. The molecule has 0 unspecified atom stereocenters. The summed E-state index contributed by atoms with van der Waals surface area (Å²) >= 11 is 3.28. The summed E-state index contributed by atoms with van der Waals surface area (Å²) in [5, 5.41) is 1.72.